The number of aromatic nitrogens is 3. The molecule has 2 heterocycles. The molecule has 0 fully saturated rings. The molecule has 0 atom stereocenters. The van der Waals surface area contributed by atoms with Crippen molar-refractivity contribution in [2.75, 3.05) is 5.73 Å². The topological polar surface area (TPSA) is 88.5 Å². The molecule has 2 aromatic heterocycles. The third-order valence-corrected chi connectivity index (χ3v) is 1.87. The van der Waals surface area contributed by atoms with Crippen molar-refractivity contribution in [3.05, 3.63) is 36.4 Å². The minimum absolute atomic E-state index is 0.225. The van der Waals surface area contributed by atoms with E-state index in [-0.39, 0.29) is 5.95 Å². The number of nitriles is 1. The molecule has 0 unspecified atom stereocenters. The van der Waals surface area contributed by atoms with Crippen LogP contribution in [-0.2, 0) is 0 Å². The van der Waals surface area contributed by atoms with E-state index in [0.29, 0.717) is 5.56 Å². The number of hydrogen-bond donors (Lipinski definition) is 1. The zero-order valence-corrected chi connectivity index (χ0v) is 7.75. The van der Waals surface area contributed by atoms with Crippen LogP contribution in [0.4, 0.5) is 5.95 Å². The molecule has 0 saturated carbocycles. The van der Waals surface area contributed by atoms with Crippen LogP contribution in [0.1, 0.15) is 5.56 Å². The number of nitrogens with zero attached hydrogens (tertiary/aromatic N) is 4. The van der Waals surface area contributed by atoms with Gasteiger partial charge in [0.25, 0.3) is 0 Å². The Hall–Kier alpha value is -2.48. The van der Waals surface area contributed by atoms with E-state index in [1.54, 1.807) is 24.7 Å². The Bertz CT molecular complexity index is 512. The number of rotatable bonds is 1. The predicted molar refractivity (Wildman–Crippen MR) is 54.4 cm³/mol. The molecule has 15 heavy (non-hydrogen) atoms. The van der Waals surface area contributed by atoms with Crippen molar-refractivity contribution in [2.45, 2.75) is 0 Å². The van der Waals surface area contributed by atoms with E-state index in [0.717, 1.165) is 11.1 Å². The van der Waals surface area contributed by atoms with E-state index >= 15 is 0 Å². The normalized spacial score (nSPS) is 9.53. The molecule has 0 amide bonds. The summed E-state index contributed by atoms with van der Waals surface area (Å²) in [4.78, 5) is 11.7. The Morgan fingerprint density at radius 3 is 2.47 bits per heavy atom. The largest absolute Gasteiger partial charge is 0.368 e. The molecular weight excluding hydrogens is 190 g/mol. The second-order valence-electron chi connectivity index (χ2n) is 2.90. The lowest BCUT2D eigenvalue weighted by Gasteiger charge is -2.00. The van der Waals surface area contributed by atoms with Crippen molar-refractivity contribution in [1.82, 2.24) is 15.0 Å². The van der Waals surface area contributed by atoms with Crippen LogP contribution in [0.2, 0.25) is 0 Å². The molecule has 0 spiro atoms. The SMILES string of the molecule is N#Cc1cncc(-c2cnc(N)nc2)c1. The monoisotopic (exact) mass is 197 g/mol. The number of nitrogen functional groups attached to an aromatic ring is 1. The lowest BCUT2D eigenvalue weighted by atomic mass is 10.1. The highest BCUT2D eigenvalue weighted by atomic mass is 15.0. The van der Waals surface area contributed by atoms with Gasteiger partial charge in [0.2, 0.25) is 5.95 Å². The van der Waals surface area contributed by atoms with Gasteiger partial charge in [0.05, 0.1) is 5.56 Å². The zero-order chi connectivity index (χ0) is 10.7. The molecule has 72 valence electrons. The lowest BCUT2D eigenvalue weighted by Crippen LogP contribution is -1.93. The fraction of sp³-hybridized carbons (Fsp3) is 0. The number of pyridine rings is 1. The van der Waals surface area contributed by atoms with E-state index < -0.39 is 0 Å². The predicted octanol–water partition coefficient (Wildman–Crippen LogP) is 0.992. The summed E-state index contributed by atoms with van der Waals surface area (Å²) in [5.74, 6) is 0.225. The first-order chi connectivity index (χ1) is 7.29. The minimum Gasteiger partial charge on any atom is -0.368 e. The molecule has 0 radical (unpaired) electrons. The summed E-state index contributed by atoms with van der Waals surface area (Å²) >= 11 is 0. The summed E-state index contributed by atoms with van der Waals surface area (Å²) in [6.45, 7) is 0. The first-order valence-corrected chi connectivity index (χ1v) is 4.22. The molecule has 0 aromatic carbocycles. The van der Waals surface area contributed by atoms with Crippen molar-refractivity contribution in [3.63, 3.8) is 0 Å². The quantitative estimate of drug-likeness (QED) is 0.736. The van der Waals surface area contributed by atoms with Crippen molar-refractivity contribution >= 4 is 5.95 Å². The molecular formula is C10H7N5. The second kappa shape index (κ2) is 3.72. The summed E-state index contributed by atoms with van der Waals surface area (Å²) < 4.78 is 0. The van der Waals surface area contributed by atoms with E-state index in [2.05, 4.69) is 15.0 Å². The molecule has 0 aliphatic rings. The summed E-state index contributed by atoms with van der Waals surface area (Å²) in [5, 5.41) is 8.71. The molecule has 2 N–H and O–H groups in total. The number of nitrogens with two attached hydrogens (primary N) is 1. The third kappa shape index (κ3) is 1.89. The summed E-state index contributed by atoms with van der Waals surface area (Å²) in [6.07, 6.45) is 6.35. The zero-order valence-electron chi connectivity index (χ0n) is 7.75. The van der Waals surface area contributed by atoms with Crippen molar-refractivity contribution < 1.29 is 0 Å². The standard InChI is InChI=1S/C10H7N5/c11-2-7-1-8(4-13-3-7)9-5-14-10(12)15-6-9/h1,3-6H,(H2,12,14,15). The van der Waals surface area contributed by atoms with Gasteiger partial charge in [-0.3, -0.25) is 4.98 Å². The Labute approximate surface area is 86.2 Å². The van der Waals surface area contributed by atoms with Crippen LogP contribution in [0.25, 0.3) is 11.1 Å². The van der Waals surface area contributed by atoms with Crippen molar-refractivity contribution in [1.29, 1.82) is 5.26 Å². The van der Waals surface area contributed by atoms with Crippen LogP contribution in [0.5, 0.6) is 0 Å². The third-order valence-electron chi connectivity index (χ3n) is 1.87. The van der Waals surface area contributed by atoms with Gasteiger partial charge in [-0.15, -0.1) is 0 Å². The highest BCUT2D eigenvalue weighted by molar-refractivity contribution is 5.62. The van der Waals surface area contributed by atoms with Gasteiger partial charge in [0.15, 0.2) is 0 Å². The Morgan fingerprint density at radius 2 is 1.80 bits per heavy atom. The maximum atomic E-state index is 8.71. The van der Waals surface area contributed by atoms with Crippen molar-refractivity contribution in [3.8, 4) is 17.2 Å². The first kappa shape index (κ1) is 9.09. The van der Waals surface area contributed by atoms with Gasteiger partial charge in [-0.05, 0) is 6.07 Å². The van der Waals surface area contributed by atoms with Gasteiger partial charge in [0.1, 0.15) is 6.07 Å². The Balaban J connectivity index is 2.46. The van der Waals surface area contributed by atoms with Crippen LogP contribution >= 0.6 is 0 Å². The van der Waals surface area contributed by atoms with Gasteiger partial charge in [-0.2, -0.15) is 5.26 Å². The van der Waals surface area contributed by atoms with Gasteiger partial charge >= 0.3 is 0 Å². The Kier molecular flexibility index (Phi) is 2.25. The molecule has 5 heteroatoms. The van der Waals surface area contributed by atoms with Gasteiger partial charge in [0, 0.05) is 35.9 Å². The lowest BCUT2D eigenvalue weighted by molar-refractivity contribution is 1.18. The van der Waals surface area contributed by atoms with Crippen LogP contribution in [-0.4, -0.2) is 15.0 Å². The maximum Gasteiger partial charge on any atom is 0.219 e. The van der Waals surface area contributed by atoms with E-state index in [1.165, 1.54) is 6.20 Å². The average molecular weight is 197 g/mol. The first-order valence-electron chi connectivity index (χ1n) is 4.22. The molecule has 0 aliphatic heterocycles. The molecule has 2 rings (SSSR count). The fourth-order valence-electron chi connectivity index (χ4n) is 1.15. The van der Waals surface area contributed by atoms with Crippen molar-refractivity contribution in [2.24, 2.45) is 0 Å². The van der Waals surface area contributed by atoms with E-state index in [1.807, 2.05) is 6.07 Å². The summed E-state index contributed by atoms with van der Waals surface area (Å²) in [6, 6.07) is 3.74. The maximum absolute atomic E-state index is 8.71. The van der Waals surface area contributed by atoms with E-state index in [4.69, 9.17) is 11.0 Å². The highest BCUT2D eigenvalue weighted by Gasteiger charge is 2.00. The number of anilines is 1. The van der Waals surface area contributed by atoms with Crippen LogP contribution in [0.3, 0.4) is 0 Å². The van der Waals surface area contributed by atoms with Crippen LogP contribution in [0, 0.1) is 11.3 Å². The van der Waals surface area contributed by atoms with Gasteiger partial charge in [-0.1, -0.05) is 0 Å². The number of hydrogen-bond acceptors (Lipinski definition) is 5. The van der Waals surface area contributed by atoms with Crippen LogP contribution in [0.15, 0.2) is 30.9 Å². The highest BCUT2D eigenvalue weighted by Crippen LogP contribution is 2.17. The summed E-state index contributed by atoms with van der Waals surface area (Å²) in [7, 11) is 0. The average Bonchev–Trinajstić information content (AvgIpc) is 2.30. The van der Waals surface area contributed by atoms with E-state index in [9.17, 15) is 0 Å². The molecule has 2 aromatic rings. The molecule has 0 saturated heterocycles. The Morgan fingerprint density at radius 1 is 1.07 bits per heavy atom. The smallest absolute Gasteiger partial charge is 0.219 e. The second-order valence-corrected chi connectivity index (χ2v) is 2.90. The summed E-state index contributed by atoms with van der Waals surface area (Å²) in [5.41, 5.74) is 7.46. The van der Waals surface area contributed by atoms with Gasteiger partial charge < -0.3 is 5.73 Å². The fourth-order valence-corrected chi connectivity index (χ4v) is 1.15. The van der Waals surface area contributed by atoms with Crippen LogP contribution < -0.4 is 5.73 Å². The minimum atomic E-state index is 0.225. The van der Waals surface area contributed by atoms with Gasteiger partial charge in [-0.25, -0.2) is 9.97 Å². The molecule has 5 nitrogen and oxygen atoms in total. The molecule has 0 aliphatic carbocycles. The molecule has 0 bridgehead atoms.